The van der Waals surface area contributed by atoms with Gasteiger partial charge in [-0.15, -0.1) is 0 Å². The van der Waals surface area contributed by atoms with Crippen LogP contribution in [0.3, 0.4) is 0 Å². The predicted molar refractivity (Wildman–Crippen MR) is 227 cm³/mol. The molecule has 0 bridgehead atoms. The molecule has 0 radical (unpaired) electrons. The number of rotatable bonds is 5. The molecule has 0 amide bonds. The summed E-state index contributed by atoms with van der Waals surface area (Å²) < 4.78 is 142. The first-order chi connectivity index (χ1) is 33.5. The van der Waals surface area contributed by atoms with Crippen LogP contribution in [0.4, 0.5) is 0 Å². The minimum absolute atomic E-state index is 0.0925. The van der Waals surface area contributed by atoms with E-state index >= 15 is 0 Å². The van der Waals surface area contributed by atoms with Gasteiger partial charge in [-0.3, -0.25) is 0 Å². The molecule has 9 aromatic carbocycles. The first-order valence-corrected chi connectivity index (χ1v) is 17.3. The summed E-state index contributed by atoms with van der Waals surface area (Å²) in [5.74, 6) is -0.0623. The van der Waals surface area contributed by atoms with E-state index in [1.165, 1.54) is 0 Å². The highest BCUT2D eigenvalue weighted by Gasteiger charge is 2.16. The van der Waals surface area contributed by atoms with Crippen molar-refractivity contribution in [1.82, 2.24) is 15.0 Å². The highest BCUT2D eigenvalue weighted by atomic mass is 16.3. The zero-order chi connectivity index (χ0) is 49.3. The lowest BCUT2D eigenvalue weighted by Crippen LogP contribution is -2.00. The molecule has 2 aromatic heterocycles. The number of benzene rings is 9. The van der Waals surface area contributed by atoms with Crippen molar-refractivity contribution in [2.75, 3.05) is 0 Å². The molecule has 0 aliphatic heterocycles. The van der Waals surface area contributed by atoms with Crippen LogP contribution in [0.1, 0.15) is 20.6 Å². The van der Waals surface area contributed by atoms with Crippen LogP contribution in [0.2, 0.25) is 0 Å². The molecule has 0 fully saturated rings. The summed E-state index contributed by atoms with van der Waals surface area (Å²) in [5, 5.41) is -0.505. The summed E-state index contributed by atoms with van der Waals surface area (Å²) in [6.07, 6.45) is 0. The van der Waals surface area contributed by atoms with Gasteiger partial charge >= 0.3 is 0 Å². The maximum absolute atomic E-state index is 9.78. The van der Waals surface area contributed by atoms with Crippen molar-refractivity contribution in [2.24, 2.45) is 0 Å². The smallest absolute Gasteiger partial charge is 0.164 e. The van der Waals surface area contributed by atoms with E-state index in [1.807, 2.05) is 72.8 Å². The van der Waals surface area contributed by atoms with Crippen molar-refractivity contribution in [3.63, 3.8) is 0 Å². The van der Waals surface area contributed by atoms with Crippen molar-refractivity contribution in [3.05, 3.63) is 188 Å². The molecule has 0 atom stereocenters. The highest BCUT2D eigenvalue weighted by molar-refractivity contribution is 6.25. The van der Waals surface area contributed by atoms with Crippen LogP contribution in [-0.2, 0) is 0 Å². The number of nitrogens with zero attached hydrogens (tertiary/aromatic N) is 3. The summed E-state index contributed by atoms with van der Waals surface area (Å²) in [7, 11) is 0. The van der Waals surface area contributed by atoms with Gasteiger partial charge in [0.15, 0.2) is 17.5 Å². The SMILES string of the molecule is [2H]c1c([2H])c(-c2nc(-c3ccc(-c4ccccc4)cc3)nc(-c3ccc4c(c3)oc3ccccc34)n2)c([2H])c(-c2c([2H])c([2H])c3c4c([2H])c([2H])c([2H])c([2H])c4c4c([2H])c([2H])c([2H])c([2H])c4c3c2[2H])c1[2H]. The van der Waals surface area contributed by atoms with Crippen LogP contribution >= 0.6 is 0 Å². The lowest BCUT2D eigenvalue weighted by molar-refractivity contribution is 0.669. The van der Waals surface area contributed by atoms with Gasteiger partial charge in [-0.2, -0.15) is 0 Å². The average Bonchev–Trinajstić information content (AvgIpc) is 3.75. The molecule has 4 nitrogen and oxygen atoms in total. The van der Waals surface area contributed by atoms with E-state index in [2.05, 4.69) is 0 Å². The van der Waals surface area contributed by atoms with Gasteiger partial charge < -0.3 is 4.42 Å². The van der Waals surface area contributed by atoms with E-state index in [1.54, 1.807) is 24.3 Å². The van der Waals surface area contributed by atoms with Gasteiger partial charge in [0.05, 0.1) is 20.6 Å². The van der Waals surface area contributed by atoms with E-state index in [9.17, 15) is 8.22 Å². The molecular weight excluding hydrogens is 671 g/mol. The van der Waals surface area contributed by atoms with E-state index in [-0.39, 0.29) is 50.0 Å². The number of para-hydroxylation sites is 1. The second kappa shape index (κ2) is 12.6. The van der Waals surface area contributed by atoms with Crippen LogP contribution in [0, 0.1) is 0 Å². The molecule has 0 saturated heterocycles. The minimum atomic E-state index is -0.786. The van der Waals surface area contributed by atoms with Crippen molar-refractivity contribution >= 4 is 54.3 Å². The number of hydrogen-bond donors (Lipinski definition) is 0. The van der Waals surface area contributed by atoms with Crippen molar-refractivity contribution < 1.29 is 25.0 Å². The van der Waals surface area contributed by atoms with Crippen molar-refractivity contribution in [3.8, 4) is 56.4 Å². The number of furan rings is 1. The van der Waals surface area contributed by atoms with E-state index in [0.29, 0.717) is 22.3 Å². The van der Waals surface area contributed by atoms with Crippen LogP contribution in [-0.4, -0.2) is 15.0 Å². The molecule has 256 valence electrons. The van der Waals surface area contributed by atoms with Gasteiger partial charge in [-0.1, -0.05) is 157 Å². The van der Waals surface area contributed by atoms with E-state index in [0.717, 1.165) is 21.9 Å². The van der Waals surface area contributed by atoms with Gasteiger partial charge in [0, 0.05) is 27.5 Å². The highest BCUT2D eigenvalue weighted by Crippen LogP contribution is 2.38. The molecule has 0 spiro atoms. The third kappa shape index (κ3) is 5.34. The Morgan fingerprint density at radius 1 is 0.327 bits per heavy atom. The largest absolute Gasteiger partial charge is 0.456 e. The number of aromatic nitrogens is 3. The molecule has 11 aromatic rings. The molecule has 0 aliphatic carbocycles. The van der Waals surface area contributed by atoms with Crippen LogP contribution < -0.4 is 0 Å². The molecule has 2 heterocycles. The summed E-state index contributed by atoms with van der Waals surface area (Å²) in [6.45, 7) is 0. The summed E-state index contributed by atoms with van der Waals surface area (Å²) in [4.78, 5) is 14.4. The van der Waals surface area contributed by atoms with Crippen molar-refractivity contribution in [2.45, 2.75) is 0 Å². The molecular formula is C51H31N3O. The molecule has 0 unspecified atom stereocenters. The Hall–Kier alpha value is -7.43. The van der Waals surface area contributed by atoms with Gasteiger partial charge in [0.1, 0.15) is 11.2 Å². The number of fused-ring (bicyclic) bond motifs is 9. The Kier molecular flexibility index (Phi) is 4.49. The molecule has 4 heteroatoms. The molecule has 0 N–H and O–H groups in total. The van der Waals surface area contributed by atoms with Gasteiger partial charge in [0.25, 0.3) is 0 Å². The van der Waals surface area contributed by atoms with Gasteiger partial charge in [-0.25, -0.2) is 15.0 Å². The predicted octanol–water partition coefficient (Wildman–Crippen LogP) is 13.6. The van der Waals surface area contributed by atoms with Gasteiger partial charge in [-0.05, 0) is 84.9 Å². The third-order valence-electron chi connectivity index (χ3n) is 9.56. The average molecular weight is 717 g/mol. The van der Waals surface area contributed by atoms with E-state index < -0.39 is 107 Å². The van der Waals surface area contributed by atoms with E-state index in [4.69, 9.17) is 31.7 Å². The fraction of sp³-hybridized carbons (Fsp3) is 0. The Morgan fingerprint density at radius 2 is 0.855 bits per heavy atom. The lowest BCUT2D eigenvalue weighted by atomic mass is 9.92. The Labute approximate surface area is 338 Å². The Bertz CT molecular complexity index is 4080. The molecule has 11 rings (SSSR count). The molecule has 0 saturated carbocycles. The maximum Gasteiger partial charge on any atom is 0.164 e. The molecule has 0 aliphatic rings. The molecule has 55 heavy (non-hydrogen) atoms. The first kappa shape index (κ1) is 19.6. The Morgan fingerprint density at radius 3 is 1.60 bits per heavy atom. The topological polar surface area (TPSA) is 51.8 Å². The lowest BCUT2D eigenvalue weighted by Gasteiger charge is -2.13. The monoisotopic (exact) mass is 716 g/mol. The standard InChI is InChI=1S/C51H31N3O/c1-2-11-32(12-3-1)33-21-23-34(24-22-33)49-52-50(54-51(53-49)38-26-28-45-44-19-8-9-20-47(44)55-48(45)31-38)37-14-10-13-35(29-37)36-25-27-43-41-17-5-4-15-39(41)40-16-6-7-18-42(40)46(43)30-36/h1-31H/i4D,5D,6D,7D,10D,13D,14D,15D,16D,17D,18D,25D,27D,29D,30D. The van der Waals surface area contributed by atoms with Crippen LogP contribution in [0.5, 0.6) is 0 Å². The Balaban J connectivity index is 1.21. The second-order valence-electron chi connectivity index (χ2n) is 12.8. The normalized spacial score (nSPS) is 15.5. The zero-order valence-corrected chi connectivity index (χ0v) is 28.5. The zero-order valence-electron chi connectivity index (χ0n) is 43.5. The summed E-state index contributed by atoms with van der Waals surface area (Å²) in [6, 6.07) is 19.3. The minimum Gasteiger partial charge on any atom is -0.456 e. The van der Waals surface area contributed by atoms with Crippen molar-refractivity contribution in [1.29, 1.82) is 0 Å². The fourth-order valence-corrected chi connectivity index (χ4v) is 6.92. The summed E-state index contributed by atoms with van der Waals surface area (Å²) >= 11 is 0. The third-order valence-corrected chi connectivity index (χ3v) is 9.56. The second-order valence-corrected chi connectivity index (χ2v) is 12.8. The van der Waals surface area contributed by atoms with Gasteiger partial charge in [0.2, 0.25) is 0 Å². The maximum atomic E-state index is 9.78. The fourth-order valence-electron chi connectivity index (χ4n) is 6.92. The quantitative estimate of drug-likeness (QED) is 0.166. The van der Waals surface area contributed by atoms with Crippen LogP contribution in [0.15, 0.2) is 192 Å². The number of hydrogen-bond acceptors (Lipinski definition) is 4. The summed E-state index contributed by atoms with van der Waals surface area (Å²) in [5.41, 5.74) is 2.55. The first-order valence-electron chi connectivity index (χ1n) is 24.8. The van der Waals surface area contributed by atoms with Crippen LogP contribution in [0.25, 0.3) is 111 Å².